The molecule has 0 aromatic heterocycles. The molecule has 0 saturated heterocycles. The molecule has 0 unspecified atom stereocenters. The van der Waals surface area contributed by atoms with Gasteiger partial charge in [0.1, 0.15) is 0 Å². The van der Waals surface area contributed by atoms with Crippen LogP contribution < -0.4 is 0 Å². The second-order valence-corrected chi connectivity index (χ2v) is 9.84. The van der Waals surface area contributed by atoms with Gasteiger partial charge in [-0.15, -0.1) is 0 Å². The molecule has 4 aromatic rings. The van der Waals surface area contributed by atoms with Gasteiger partial charge in [0, 0.05) is 5.41 Å². The van der Waals surface area contributed by atoms with Crippen LogP contribution in [0.4, 0.5) is 0 Å². The van der Waals surface area contributed by atoms with E-state index in [1.807, 2.05) is 0 Å². The van der Waals surface area contributed by atoms with Gasteiger partial charge in [-0.3, -0.25) is 0 Å². The Kier molecular flexibility index (Phi) is 5.71. The third kappa shape index (κ3) is 3.72. The van der Waals surface area contributed by atoms with Crippen LogP contribution in [0.5, 0.6) is 0 Å². The van der Waals surface area contributed by atoms with Crippen molar-refractivity contribution in [3.63, 3.8) is 0 Å². The average molecular weight is 431 g/mol. The Bertz CT molecular complexity index is 1200. The highest BCUT2D eigenvalue weighted by Gasteiger charge is 2.42. The quantitative estimate of drug-likeness (QED) is 0.286. The molecule has 166 valence electrons. The minimum absolute atomic E-state index is 0.0911. The van der Waals surface area contributed by atoms with Crippen molar-refractivity contribution in [2.24, 2.45) is 0 Å². The third-order valence-corrected chi connectivity index (χ3v) is 7.42. The predicted octanol–water partition coefficient (Wildman–Crippen LogP) is 9.50. The van der Waals surface area contributed by atoms with Gasteiger partial charge in [-0.25, -0.2) is 0 Å². The number of aryl methyl sites for hydroxylation is 2. The fraction of sp³-hybridized carbons (Fsp3) is 0.273. The van der Waals surface area contributed by atoms with E-state index in [-0.39, 0.29) is 5.41 Å². The van der Waals surface area contributed by atoms with Crippen molar-refractivity contribution in [1.29, 1.82) is 0 Å². The Morgan fingerprint density at radius 2 is 0.939 bits per heavy atom. The average Bonchev–Trinajstić information content (AvgIpc) is 3.08. The van der Waals surface area contributed by atoms with Gasteiger partial charge in [-0.05, 0) is 83.3 Å². The maximum Gasteiger partial charge on any atom is 0.0215 e. The molecule has 0 saturated carbocycles. The van der Waals surface area contributed by atoms with Crippen molar-refractivity contribution >= 4 is 0 Å². The Labute approximate surface area is 199 Å². The highest BCUT2D eigenvalue weighted by atomic mass is 14.4. The molecule has 0 fully saturated rings. The van der Waals surface area contributed by atoms with E-state index in [2.05, 4.69) is 113 Å². The maximum atomic E-state index is 2.50. The van der Waals surface area contributed by atoms with Crippen molar-refractivity contribution in [3.8, 4) is 33.4 Å². The standard InChI is InChI=1S/C33H34/c1-5-17-33(18-6-2)31-21-27(25-11-7-9-23(3)19-25)13-15-29(31)30-16-14-28(22-32(30)33)26-12-8-10-24(4)20-26/h7-16,19-22H,5-6,17-18H2,1-4H3. The molecule has 5 rings (SSSR count). The van der Waals surface area contributed by atoms with Gasteiger partial charge in [-0.2, -0.15) is 0 Å². The summed E-state index contributed by atoms with van der Waals surface area (Å²) >= 11 is 0. The Hall–Kier alpha value is -3.12. The number of fused-ring (bicyclic) bond motifs is 3. The summed E-state index contributed by atoms with van der Waals surface area (Å²) in [5.74, 6) is 0. The first-order chi connectivity index (χ1) is 16.1. The molecular weight excluding hydrogens is 396 g/mol. The second kappa shape index (κ2) is 8.67. The molecule has 0 nitrogen and oxygen atoms in total. The number of rotatable bonds is 6. The number of hydrogen-bond acceptors (Lipinski definition) is 0. The van der Waals surface area contributed by atoms with Crippen LogP contribution in [0.1, 0.15) is 61.8 Å². The Morgan fingerprint density at radius 1 is 0.515 bits per heavy atom. The van der Waals surface area contributed by atoms with E-state index in [1.165, 1.54) is 81.3 Å². The van der Waals surface area contributed by atoms with Crippen molar-refractivity contribution < 1.29 is 0 Å². The maximum absolute atomic E-state index is 2.50. The lowest BCUT2D eigenvalue weighted by molar-refractivity contribution is 0.436. The summed E-state index contributed by atoms with van der Waals surface area (Å²) in [6.07, 6.45) is 4.75. The summed E-state index contributed by atoms with van der Waals surface area (Å²) in [5, 5.41) is 0. The molecule has 0 spiro atoms. The molecule has 0 radical (unpaired) electrons. The van der Waals surface area contributed by atoms with Crippen LogP contribution in [0.3, 0.4) is 0 Å². The molecule has 0 aliphatic heterocycles. The molecule has 33 heavy (non-hydrogen) atoms. The minimum atomic E-state index is 0.0911. The van der Waals surface area contributed by atoms with Crippen LogP contribution in [-0.2, 0) is 5.41 Å². The van der Waals surface area contributed by atoms with Gasteiger partial charge in [-0.1, -0.05) is 111 Å². The van der Waals surface area contributed by atoms with Gasteiger partial charge in [0.05, 0.1) is 0 Å². The Morgan fingerprint density at radius 3 is 1.33 bits per heavy atom. The normalized spacial score (nSPS) is 13.6. The minimum Gasteiger partial charge on any atom is -0.0653 e. The van der Waals surface area contributed by atoms with E-state index in [4.69, 9.17) is 0 Å². The molecule has 0 amide bonds. The lowest BCUT2D eigenvalue weighted by Crippen LogP contribution is -2.25. The van der Waals surface area contributed by atoms with E-state index in [0.717, 1.165) is 0 Å². The first-order valence-electron chi connectivity index (χ1n) is 12.5. The molecule has 0 N–H and O–H groups in total. The molecule has 0 bridgehead atoms. The van der Waals surface area contributed by atoms with Gasteiger partial charge in [0.25, 0.3) is 0 Å². The molecule has 0 atom stereocenters. The van der Waals surface area contributed by atoms with Gasteiger partial charge in [0.2, 0.25) is 0 Å². The zero-order valence-corrected chi connectivity index (χ0v) is 20.4. The van der Waals surface area contributed by atoms with E-state index in [1.54, 1.807) is 0 Å². The Balaban J connectivity index is 1.71. The number of hydrogen-bond donors (Lipinski definition) is 0. The van der Waals surface area contributed by atoms with Gasteiger partial charge >= 0.3 is 0 Å². The molecule has 0 heteroatoms. The SMILES string of the molecule is CCCC1(CCC)c2cc(-c3cccc(C)c3)ccc2-c2ccc(-c3cccc(C)c3)cc21. The summed E-state index contributed by atoms with van der Waals surface area (Å²) in [6.45, 7) is 9.03. The lowest BCUT2D eigenvalue weighted by atomic mass is 9.71. The fourth-order valence-corrected chi connectivity index (χ4v) is 6.02. The predicted molar refractivity (Wildman–Crippen MR) is 143 cm³/mol. The van der Waals surface area contributed by atoms with E-state index < -0.39 is 0 Å². The van der Waals surface area contributed by atoms with Crippen molar-refractivity contribution in [3.05, 3.63) is 107 Å². The number of benzene rings is 4. The van der Waals surface area contributed by atoms with Crippen molar-refractivity contribution in [2.45, 2.75) is 58.8 Å². The third-order valence-electron chi connectivity index (χ3n) is 7.42. The van der Waals surface area contributed by atoms with E-state index in [9.17, 15) is 0 Å². The molecule has 1 aliphatic rings. The van der Waals surface area contributed by atoms with Crippen molar-refractivity contribution in [2.75, 3.05) is 0 Å². The van der Waals surface area contributed by atoms with Crippen LogP contribution in [0.15, 0.2) is 84.9 Å². The first-order valence-corrected chi connectivity index (χ1v) is 12.5. The largest absolute Gasteiger partial charge is 0.0653 e. The summed E-state index contributed by atoms with van der Waals surface area (Å²) < 4.78 is 0. The van der Waals surface area contributed by atoms with E-state index in [0.29, 0.717) is 0 Å². The molecule has 1 aliphatic carbocycles. The van der Waals surface area contributed by atoms with Gasteiger partial charge < -0.3 is 0 Å². The van der Waals surface area contributed by atoms with Crippen LogP contribution in [-0.4, -0.2) is 0 Å². The molecule has 0 heterocycles. The summed E-state index contributed by atoms with van der Waals surface area (Å²) in [6, 6.07) is 32.2. The smallest absolute Gasteiger partial charge is 0.0215 e. The summed E-state index contributed by atoms with van der Waals surface area (Å²) in [4.78, 5) is 0. The van der Waals surface area contributed by atoms with Gasteiger partial charge in [0.15, 0.2) is 0 Å². The zero-order valence-electron chi connectivity index (χ0n) is 20.4. The first kappa shape index (κ1) is 21.7. The van der Waals surface area contributed by atoms with E-state index >= 15 is 0 Å². The lowest BCUT2D eigenvalue weighted by Gasteiger charge is -2.32. The van der Waals surface area contributed by atoms with Crippen molar-refractivity contribution in [1.82, 2.24) is 0 Å². The highest BCUT2D eigenvalue weighted by Crippen LogP contribution is 2.55. The summed E-state index contributed by atoms with van der Waals surface area (Å²) in [7, 11) is 0. The van der Waals surface area contributed by atoms with Crippen LogP contribution in [0.2, 0.25) is 0 Å². The van der Waals surface area contributed by atoms with Crippen LogP contribution in [0, 0.1) is 13.8 Å². The second-order valence-electron chi connectivity index (χ2n) is 9.84. The zero-order chi connectivity index (χ0) is 23.0. The molecule has 4 aromatic carbocycles. The van der Waals surface area contributed by atoms with Crippen LogP contribution >= 0.6 is 0 Å². The topological polar surface area (TPSA) is 0 Å². The monoisotopic (exact) mass is 430 g/mol. The van der Waals surface area contributed by atoms with Crippen LogP contribution in [0.25, 0.3) is 33.4 Å². The highest BCUT2D eigenvalue weighted by molar-refractivity contribution is 5.86. The summed E-state index contributed by atoms with van der Waals surface area (Å²) in [5.41, 5.74) is 13.9. The molecular formula is C33H34. The fourth-order valence-electron chi connectivity index (χ4n) is 6.02.